The summed E-state index contributed by atoms with van der Waals surface area (Å²) in [7, 11) is 0. The zero-order chi connectivity index (χ0) is 13.2. The van der Waals surface area contributed by atoms with Crippen LogP contribution in [0.25, 0.3) is 11.0 Å². The van der Waals surface area contributed by atoms with E-state index in [0.29, 0.717) is 5.92 Å². The number of hydrogen-bond donors (Lipinski definition) is 3. The number of nitrogens with one attached hydrogen (secondary N) is 3. The van der Waals surface area contributed by atoms with Crippen molar-refractivity contribution in [2.45, 2.75) is 19.3 Å². The van der Waals surface area contributed by atoms with Crippen molar-refractivity contribution >= 4 is 32.7 Å². The van der Waals surface area contributed by atoms with Crippen LogP contribution in [0.15, 0.2) is 33.6 Å². The van der Waals surface area contributed by atoms with Crippen molar-refractivity contribution in [1.29, 1.82) is 0 Å². The molecule has 100 valence electrons. The van der Waals surface area contributed by atoms with Gasteiger partial charge in [-0.1, -0.05) is 12.2 Å². The highest BCUT2D eigenvalue weighted by Gasteiger charge is 2.11. The Morgan fingerprint density at radius 1 is 1.26 bits per heavy atom. The lowest BCUT2D eigenvalue weighted by atomic mass is 9.94. The number of anilines is 1. The van der Waals surface area contributed by atoms with Crippen LogP contribution < -0.4 is 11.0 Å². The number of aromatic nitrogens is 2. The number of hydrogen-bond acceptors (Lipinski definition) is 2. The Bertz CT molecular complexity index is 671. The van der Waals surface area contributed by atoms with E-state index >= 15 is 0 Å². The molecule has 1 aliphatic carbocycles. The van der Waals surface area contributed by atoms with Crippen LogP contribution in [0.5, 0.6) is 0 Å². The zero-order valence-corrected chi connectivity index (χ0v) is 12.1. The number of rotatable bonds is 3. The van der Waals surface area contributed by atoms with E-state index < -0.39 is 0 Å². The Balaban J connectivity index is 1.78. The average Bonchev–Trinajstić information content (AvgIpc) is 2.76. The summed E-state index contributed by atoms with van der Waals surface area (Å²) >= 11 is 3.54. The van der Waals surface area contributed by atoms with Crippen molar-refractivity contribution in [2.75, 3.05) is 11.9 Å². The fraction of sp³-hybridized carbons (Fsp3) is 0.357. The van der Waals surface area contributed by atoms with Crippen molar-refractivity contribution in [1.82, 2.24) is 9.97 Å². The normalized spacial score (nSPS) is 18.9. The Morgan fingerprint density at radius 3 is 2.79 bits per heavy atom. The Kier molecular flexibility index (Phi) is 3.46. The highest BCUT2D eigenvalue weighted by atomic mass is 79.9. The molecule has 1 aliphatic rings. The summed E-state index contributed by atoms with van der Waals surface area (Å²) in [6.07, 6.45) is 8.08. The van der Waals surface area contributed by atoms with E-state index in [2.05, 4.69) is 43.4 Å². The van der Waals surface area contributed by atoms with Gasteiger partial charge in [-0.25, -0.2) is 4.79 Å². The average molecular weight is 322 g/mol. The van der Waals surface area contributed by atoms with Gasteiger partial charge in [0.05, 0.1) is 16.7 Å². The summed E-state index contributed by atoms with van der Waals surface area (Å²) < 4.78 is 0.974. The molecule has 0 amide bonds. The molecule has 0 spiro atoms. The van der Waals surface area contributed by atoms with Crippen LogP contribution in [0.2, 0.25) is 0 Å². The number of benzene rings is 1. The maximum absolute atomic E-state index is 11.3. The Hall–Kier alpha value is -1.49. The van der Waals surface area contributed by atoms with Crippen molar-refractivity contribution in [2.24, 2.45) is 5.92 Å². The molecule has 1 heterocycles. The summed E-state index contributed by atoms with van der Waals surface area (Å²) in [6, 6.07) is 3.90. The van der Waals surface area contributed by atoms with Crippen LogP contribution in [0.3, 0.4) is 0 Å². The van der Waals surface area contributed by atoms with E-state index in [-0.39, 0.29) is 5.69 Å². The topological polar surface area (TPSA) is 60.7 Å². The first-order valence-electron chi connectivity index (χ1n) is 6.53. The fourth-order valence-corrected chi connectivity index (χ4v) is 2.97. The number of imidazole rings is 1. The predicted molar refractivity (Wildman–Crippen MR) is 81.6 cm³/mol. The third-order valence-corrected chi connectivity index (χ3v) is 4.22. The van der Waals surface area contributed by atoms with Gasteiger partial charge < -0.3 is 15.3 Å². The van der Waals surface area contributed by atoms with Gasteiger partial charge in [-0.2, -0.15) is 0 Å². The molecule has 1 atom stereocenters. The summed E-state index contributed by atoms with van der Waals surface area (Å²) in [5, 5.41) is 3.47. The number of halogens is 1. The van der Waals surface area contributed by atoms with Crippen LogP contribution in [0.4, 0.5) is 5.69 Å². The summed E-state index contributed by atoms with van der Waals surface area (Å²) in [5.41, 5.74) is 2.51. The molecule has 0 bridgehead atoms. The fourth-order valence-electron chi connectivity index (χ4n) is 2.49. The molecule has 0 saturated carbocycles. The quantitative estimate of drug-likeness (QED) is 0.759. The first kappa shape index (κ1) is 12.5. The molecule has 0 aliphatic heterocycles. The third-order valence-electron chi connectivity index (χ3n) is 3.56. The summed E-state index contributed by atoms with van der Waals surface area (Å²) in [4.78, 5) is 16.8. The van der Waals surface area contributed by atoms with Crippen molar-refractivity contribution in [3.05, 3.63) is 39.2 Å². The molecule has 4 nitrogen and oxygen atoms in total. The van der Waals surface area contributed by atoms with Gasteiger partial charge in [-0.05, 0) is 53.2 Å². The first-order valence-corrected chi connectivity index (χ1v) is 7.32. The molecule has 0 radical (unpaired) electrons. The van der Waals surface area contributed by atoms with Gasteiger partial charge in [0.2, 0.25) is 0 Å². The SMILES string of the molecule is O=c1[nH]c2cc(Br)c(NCC3CC=CCC3)cc2[nH]1. The molecular weight excluding hydrogens is 306 g/mol. The Labute approximate surface area is 119 Å². The third kappa shape index (κ3) is 2.76. The number of fused-ring (bicyclic) bond motifs is 1. The van der Waals surface area contributed by atoms with Gasteiger partial charge in [0.1, 0.15) is 0 Å². The van der Waals surface area contributed by atoms with E-state index in [1.807, 2.05) is 12.1 Å². The highest BCUT2D eigenvalue weighted by Crippen LogP contribution is 2.27. The molecule has 3 rings (SSSR count). The lowest BCUT2D eigenvalue weighted by Gasteiger charge is -2.19. The minimum Gasteiger partial charge on any atom is -0.384 e. The van der Waals surface area contributed by atoms with Gasteiger partial charge in [0, 0.05) is 11.0 Å². The van der Waals surface area contributed by atoms with Crippen LogP contribution in [0.1, 0.15) is 19.3 Å². The molecule has 0 saturated heterocycles. The molecule has 3 N–H and O–H groups in total. The van der Waals surface area contributed by atoms with Gasteiger partial charge in [0.15, 0.2) is 0 Å². The monoisotopic (exact) mass is 321 g/mol. The standard InChI is InChI=1S/C14H16BrN3O/c15-10-6-12-13(18-14(19)17-12)7-11(10)16-8-9-4-2-1-3-5-9/h1-2,6-7,9,16H,3-5,8H2,(H2,17,18,19). The smallest absolute Gasteiger partial charge is 0.323 e. The van der Waals surface area contributed by atoms with E-state index in [1.165, 1.54) is 12.8 Å². The van der Waals surface area contributed by atoms with E-state index in [1.54, 1.807) is 0 Å². The highest BCUT2D eigenvalue weighted by molar-refractivity contribution is 9.10. The number of aromatic amines is 2. The lowest BCUT2D eigenvalue weighted by molar-refractivity contribution is 0.504. The van der Waals surface area contributed by atoms with E-state index in [0.717, 1.165) is 34.2 Å². The molecule has 1 aromatic carbocycles. The van der Waals surface area contributed by atoms with Crippen molar-refractivity contribution in [3.63, 3.8) is 0 Å². The number of allylic oxidation sites excluding steroid dienone is 2. The predicted octanol–water partition coefficient (Wildman–Crippen LogP) is 3.39. The van der Waals surface area contributed by atoms with Crippen LogP contribution in [-0.2, 0) is 0 Å². The molecule has 0 fully saturated rings. The largest absolute Gasteiger partial charge is 0.384 e. The maximum Gasteiger partial charge on any atom is 0.323 e. The second-order valence-corrected chi connectivity index (χ2v) is 5.84. The second-order valence-electron chi connectivity index (χ2n) is 4.99. The maximum atomic E-state index is 11.3. The second kappa shape index (κ2) is 5.25. The molecule has 19 heavy (non-hydrogen) atoms. The molecule has 5 heteroatoms. The molecular formula is C14H16BrN3O. The number of H-pyrrole nitrogens is 2. The van der Waals surface area contributed by atoms with Crippen molar-refractivity contribution < 1.29 is 0 Å². The first-order chi connectivity index (χ1) is 9.22. The van der Waals surface area contributed by atoms with E-state index in [9.17, 15) is 4.79 Å². The van der Waals surface area contributed by atoms with Crippen LogP contribution in [-0.4, -0.2) is 16.5 Å². The van der Waals surface area contributed by atoms with Gasteiger partial charge in [-0.3, -0.25) is 0 Å². The molecule has 1 aromatic heterocycles. The molecule has 1 unspecified atom stereocenters. The van der Waals surface area contributed by atoms with Crippen LogP contribution >= 0.6 is 15.9 Å². The van der Waals surface area contributed by atoms with Gasteiger partial charge in [0.25, 0.3) is 0 Å². The molecule has 2 aromatic rings. The zero-order valence-electron chi connectivity index (χ0n) is 10.5. The lowest BCUT2D eigenvalue weighted by Crippen LogP contribution is -2.15. The van der Waals surface area contributed by atoms with Gasteiger partial charge >= 0.3 is 5.69 Å². The summed E-state index contributed by atoms with van der Waals surface area (Å²) in [5.74, 6) is 0.692. The Morgan fingerprint density at radius 2 is 2.05 bits per heavy atom. The summed E-state index contributed by atoms with van der Waals surface area (Å²) in [6.45, 7) is 0.961. The van der Waals surface area contributed by atoms with E-state index in [4.69, 9.17) is 0 Å². The minimum absolute atomic E-state index is 0.170. The minimum atomic E-state index is -0.170. The van der Waals surface area contributed by atoms with Gasteiger partial charge in [-0.15, -0.1) is 0 Å². The van der Waals surface area contributed by atoms with Crippen molar-refractivity contribution in [3.8, 4) is 0 Å². The van der Waals surface area contributed by atoms with Crippen LogP contribution in [0, 0.1) is 5.92 Å².